The zero-order valence-corrected chi connectivity index (χ0v) is 12.5. The average molecular weight is 351 g/mol. The minimum Gasteiger partial charge on any atom is -0.484 e. The topological polar surface area (TPSA) is 50.7 Å². The van der Waals surface area contributed by atoms with Crippen LogP contribution in [0, 0.1) is 5.82 Å². The summed E-state index contributed by atoms with van der Waals surface area (Å²) >= 11 is 3.37. The van der Waals surface area contributed by atoms with Crippen molar-refractivity contribution in [3.8, 4) is 5.75 Å². The Labute approximate surface area is 129 Å². The third-order valence-corrected chi connectivity index (χ3v) is 3.20. The van der Waals surface area contributed by atoms with Crippen molar-refractivity contribution >= 4 is 28.1 Å². The number of ether oxygens (including phenoxy) is 1. The third-order valence-electron chi connectivity index (χ3n) is 2.48. The Balaban J connectivity index is 1.80. The highest BCUT2D eigenvalue weighted by Crippen LogP contribution is 2.13. The molecule has 0 spiro atoms. The fourth-order valence-electron chi connectivity index (χ4n) is 1.47. The zero-order valence-electron chi connectivity index (χ0n) is 10.9. The van der Waals surface area contributed by atoms with E-state index in [1.54, 1.807) is 0 Å². The van der Waals surface area contributed by atoms with E-state index in [2.05, 4.69) is 26.5 Å². The monoisotopic (exact) mass is 350 g/mol. The highest BCUT2D eigenvalue weighted by atomic mass is 79.9. The zero-order chi connectivity index (χ0) is 15.1. The molecule has 4 nitrogen and oxygen atoms in total. The summed E-state index contributed by atoms with van der Waals surface area (Å²) in [5, 5.41) is 3.83. The molecule has 2 aromatic rings. The molecule has 0 aliphatic heterocycles. The lowest BCUT2D eigenvalue weighted by Crippen LogP contribution is -2.24. The molecule has 0 aliphatic carbocycles. The molecule has 0 saturated carbocycles. The van der Waals surface area contributed by atoms with Crippen LogP contribution in [0.3, 0.4) is 0 Å². The summed E-state index contributed by atoms with van der Waals surface area (Å²) in [6.07, 6.45) is 1.53. The van der Waals surface area contributed by atoms with Gasteiger partial charge in [-0.05, 0) is 30.3 Å². The summed E-state index contributed by atoms with van der Waals surface area (Å²) in [6, 6.07) is 12.9. The first-order valence-electron chi connectivity index (χ1n) is 6.10. The van der Waals surface area contributed by atoms with Crippen LogP contribution in [0.15, 0.2) is 58.1 Å². The Hall–Kier alpha value is -2.21. The van der Waals surface area contributed by atoms with Crippen molar-refractivity contribution in [2.45, 2.75) is 0 Å². The van der Waals surface area contributed by atoms with Gasteiger partial charge in [0.2, 0.25) is 0 Å². The van der Waals surface area contributed by atoms with Gasteiger partial charge in [-0.15, -0.1) is 0 Å². The molecule has 108 valence electrons. The van der Waals surface area contributed by atoms with Gasteiger partial charge in [0.15, 0.2) is 6.61 Å². The number of nitrogens with one attached hydrogen (secondary N) is 1. The van der Waals surface area contributed by atoms with Gasteiger partial charge in [-0.1, -0.05) is 34.1 Å². The molecule has 0 fully saturated rings. The first-order valence-corrected chi connectivity index (χ1v) is 6.89. The summed E-state index contributed by atoms with van der Waals surface area (Å²) in [5.41, 5.74) is 3.20. The van der Waals surface area contributed by atoms with Gasteiger partial charge in [-0.25, -0.2) is 9.82 Å². The Morgan fingerprint density at radius 2 is 1.95 bits per heavy atom. The van der Waals surface area contributed by atoms with Crippen LogP contribution in [0.1, 0.15) is 5.56 Å². The summed E-state index contributed by atoms with van der Waals surface area (Å²) in [6.45, 7) is -0.196. The van der Waals surface area contributed by atoms with E-state index in [0.717, 1.165) is 10.0 Å². The molecule has 2 rings (SSSR count). The van der Waals surface area contributed by atoms with Gasteiger partial charge in [0.25, 0.3) is 5.91 Å². The Bertz CT molecular complexity index is 644. The van der Waals surface area contributed by atoms with Crippen LogP contribution in [0.4, 0.5) is 4.39 Å². The predicted octanol–water partition coefficient (Wildman–Crippen LogP) is 3.12. The molecule has 0 saturated heterocycles. The first kappa shape index (κ1) is 15.2. The van der Waals surface area contributed by atoms with Gasteiger partial charge in [0.05, 0.1) is 6.21 Å². The summed E-state index contributed by atoms with van der Waals surface area (Å²) in [4.78, 5) is 11.5. The van der Waals surface area contributed by atoms with Crippen LogP contribution >= 0.6 is 15.9 Å². The van der Waals surface area contributed by atoms with E-state index in [1.165, 1.54) is 30.5 Å². The van der Waals surface area contributed by atoms with E-state index in [4.69, 9.17) is 4.74 Å². The molecule has 0 bridgehead atoms. The maximum atomic E-state index is 12.7. The van der Waals surface area contributed by atoms with E-state index in [9.17, 15) is 9.18 Å². The molecule has 6 heteroatoms. The number of amides is 1. The SMILES string of the molecule is O=C(COc1ccc(F)cc1)NN=Cc1ccccc1Br. The quantitative estimate of drug-likeness (QED) is 0.665. The van der Waals surface area contributed by atoms with E-state index in [-0.39, 0.29) is 12.4 Å². The number of halogens is 2. The maximum Gasteiger partial charge on any atom is 0.277 e. The number of carbonyl (C=O) groups excluding carboxylic acids is 1. The van der Waals surface area contributed by atoms with Gasteiger partial charge in [0, 0.05) is 10.0 Å². The van der Waals surface area contributed by atoms with Crippen LogP contribution in [-0.4, -0.2) is 18.7 Å². The lowest BCUT2D eigenvalue weighted by atomic mass is 10.2. The number of rotatable bonds is 5. The van der Waals surface area contributed by atoms with Crippen LogP contribution in [0.25, 0.3) is 0 Å². The van der Waals surface area contributed by atoms with Gasteiger partial charge in [-0.3, -0.25) is 4.79 Å². The van der Waals surface area contributed by atoms with Crippen molar-refractivity contribution in [1.29, 1.82) is 0 Å². The minimum atomic E-state index is -0.400. The van der Waals surface area contributed by atoms with Crippen LogP contribution in [-0.2, 0) is 4.79 Å². The first-order chi connectivity index (χ1) is 10.1. The Morgan fingerprint density at radius 1 is 1.24 bits per heavy atom. The molecule has 2 aromatic carbocycles. The highest BCUT2D eigenvalue weighted by molar-refractivity contribution is 9.10. The summed E-state index contributed by atoms with van der Waals surface area (Å²) in [7, 11) is 0. The number of nitrogens with zero attached hydrogens (tertiary/aromatic N) is 1. The van der Waals surface area contributed by atoms with E-state index in [1.807, 2.05) is 24.3 Å². The molecule has 21 heavy (non-hydrogen) atoms. The lowest BCUT2D eigenvalue weighted by Gasteiger charge is -2.04. The standard InChI is InChI=1S/C15H12BrFN2O2/c16-14-4-2-1-3-11(14)9-18-19-15(20)10-21-13-7-5-12(17)6-8-13/h1-9H,10H2,(H,19,20). The van der Waals surface area contributed by atoms with Crippen molar-refractivity contribution in [2.24, 2.45) is 5.10 Å². The second-order valence-corrected chi connectivity index (χ2v) is 4.91. The van der Waals surface area contributed by atoms with E-state index >= 15 is 0 Å². The second-order valence-electron chi connectivity index (χ2n) is 4.06. The van der Waals surface area contributed by atoms with Crippen molar-refractivity contribution in [3.05, 3.63) is 64.4 Å². The van der Waals surface area contributed by atoms with E-state index in [0.29, 0.717) is 5.75 Å². The molecular formula is C15H12BrFN2O2. The van der Waals surface area contributed by atoms with Crippen molar-refractivity contribution in [1.82, 2.24) is 5.43 Å². The Kier molecular flexibility index (Phi) is 5.45. The van der Waals surface area contributed by atoms with Gasteiger partial charge >= 0.3 is 0 Å². The number of hydrazone groups is 1. The largest absolute Gasteiger partial charge is 0.484 e. The normalized spacial score (nSPS) is 10.6. The van der Waals surface area contributed by atoms with Crippen molar-refractivity contribution in [2.75, 3.05) is 6.61 Å². The number of hydrogen-bond acceptors (Lipinski definition) is 3. The molecule has 0 atom stereocenters. The number of hydrogen-bond donors (Lipinski definition) is 1. The van der Waals surface area contributed by atoms with E-state index < -0.39 is 5.91 Å². The summed E-state index contributed by atoms with van der Waals surface area (Å²) in [5.74, 6) is -0.339. The third kappa shape index (κ3) is 5.00. The molecule has 0 aromatic heterocycles. The Morgan fingerprint density at radius 3 is 2.67 bits per heavy atom. The molecule has 0 heterocycles. The smallest absolute Gasteiger partial charge is 0.277 e. The maximum absolute atomic E-state index is 12.7. The lowest BCUT2D eigenvalue weighted by molar-refractivity contribution is -0.123. The summed E-state index contributed by atoms with van der Waals surface area (Å²) < 4.78 is 18.8. The molecule has 1 amide bonds. The minimum absolute atomic E-state index is 0.196. The highest BCUT2D eigenvalue weighted by Gasteiger charge is 2.01. The molecule has 1 N–H and O–H groups in total. The second kappa shape index (κ2) is 7.54. The predicted molar refractivity (Wildman–Crippen MR) is 81.8 cm³/mol. The molecule has 0 unspecified atom stereocenters. The number of benzene rings is 2. The average Bonchev–Trinajstić information content (AvgIpc) is 2.49. The van der Waals surface area contributed by atoms with Gasteiger partial charge in [-0.2, -0.15) is 5.10 Å². The fourth-order valence-corrected chi connectivity index (χ4v) is 1.85. The van der Waals surface area contributed by atoms with Crippen LogP contribution in [0.5, 0.6) is 5.75 Å². The molecular weight excluding hydrogens is 339 g/mol. The van der Waals surface area contributed by atoms with Gasteiger partial charge < -0.3 is 4.74 Å². The molecule has 0 radical (unpaired) electrons. The number of carbonyl (C=O) groups is 1. The molecule has 0 aliphatic rings. The van der Waals surface area contributed by atoms with Crippen LogP contribution < -0.4 is 10.2 Å². The van der Waals surface area contributed by atoms with Crippen molar-refractivity contribution in [3.63, 3.8) is 0 Å². The van der Waals surface area contributed by atoms with Gasteiger partial charge in [0.1, 0.15) is 11.6 Å². The van der Waals surface area contributed by atoms with Crippen LogP contribution in [0.2, 0.25) is 0 Å². The van der Waals surface area contributed by atoms with Crippen molar-refractivity contribution < 1.29 is 13.9 Å². The fraction of sp³-hybridized carbons (Fsp3) is 0.0667.